The van der Waals surface area contributed by atoms with E-state index in [9.17, 15) is 9.90 Å². The van der Waals surface area contributed by atoms with Crippen LogP contribution in [0.15, 0.2) is 53.8 Å². The van der Waals surface area contributed by atoms with E-state index in [1.165, 1.54) is 19.1 Å². The van der Waals surface area contributed by atoms with Gasteiger partial charge in [-0.3, -0.25) is 4.79 Å². The number of nitrogens with two attached hydrogens (primary N) is 1. The first-order valence-electron chi connectivity index (χ1n) is 13.1. The molecule has 0 saturated carbocycles. The van der Waals surface area contributed by atoms with E-state index in [0.717, 1.165) is 11.3 Å². The minimum Gasteiger partial charge on any atom is -0.388 e. The predicted octanol–water partition coefficient (Wildman–Crippen LogP) is 4.66. The van der Waals surface area contributed by atoms with Gasteiger partial charge in [-0.25, -0.2) is 4.98 Å². The van der Waals surface area contributed by atoms with E-state index in [1.54, 1.807) is 12.1 Å². The van der Waals surface area contributed by atoms with Crippen LogP contribution in [0.4, 0.5) is 10.8 Å². The van der Waals surface area contributed by atoms with E-state index >= 15 is 0 Å². The van der Waals surface area contributed by atoms with Crippen molar-refractivity contribution < 1.29 is 20.9 Å². The highest BCUT2D eigenvalue weighted by molar-refractivity contribution is 7.13. The van der Waals surface area contributed by atoms with Crippen molar-refractivity contribution in [1.82, 2.24) is 4.98 Å². The van der Waals surface area contributed by atoms with E-state index < -0.39 is 30.4 Å². The number of benzene rings is 2. The van der Waals surface area contributed by atoms with Gasteiger partial charge in [0.2, 0.25) is 5.91 Å². The van der Waals surface area contributed by atoms with Gasteiger partial charge in [-0.15, -0.1) is 11.3 Å². The Labute approximate surface area is 186 Å². The molecule has 29 heavy (non-hydrogen) atoms. The summed E-state index contributed by atoms with van der Waals surface area (Å²) in [6.45, 7) is 1.42. The van der Waals surface area contributed by atoms with Crippen LogP contribution in [0, 0.1) is 6.92 Å². The maximum Gasteiger partial charge on any atom is 0.230 e. The number of hydrogen-bond donors (Lipinski definition) is 3. The fraction of sp³-hybridized carbons (Fsp3) is 0.304. The van der Waals surface area contributed by atoms with Crippen molar-refractivity contribution in [1.29, 1.82) is 0 Å². The number of carbonyl (C=O) groups is 1. The molecule has 3 rings (SSSR count). The molecule has 0 aliphatic heterocycles. The molecule has 1 amide bonds. The van der Waals surface area contributed by atoms with Gasteiger partial charge in [0, 0.05) is 13.8 Å². The zero-order valence-corrected chi connectivity index (χ0v) is 16.7. The fourth-order valence-electron chi connectivity index (χ4n) is 2.59. The zero-order chi connectivity index (χ0) is 27.7. The van der Waals surface area contributed by atoms with Crippen molar-refractivity contribution >= 4 is 28.1 Å². The van der Waals surface area contributed by atoms with E-state index in [4.69, 9.17) is 16.7 Å². The maximum absolute atomic E-state index is 12.3. The number of hydrogen-bond acceptors (Lipinski definition) is 5. The number of nitrogens with one attached hydrogen (secondary N) is 1. The fourth-order valence-corrected chi connectivity index (χ4v) is 3.09. The summed E-state index contributed by atoms with van der Waals surface area (Å²) < 4.78 is 64.7. The highest BCUT2D eigenvalue weighted by atomic mass is 32.1. The second-order valence-corrected chi connectivity index (χ2v) is 7.21. The summed E-state index contributed by atoms with van der Waals surface area (Å²) in [6, 6.07) is 4.49. The van der Waals surface area contributed by atoms with Crippen LogP contribution in [0.25, 0.3) is 0 Å². The molecule has 1 heterocycles. The summed E-state index contributed by atoms with van der Waals surface area (Å²) in [5.41, 5.74) is 6.33. The smallest absolute Gasteiger partial charge is 0.230 e. The summed E-state index contributed by atoms with van der Waals surface area (Å²) in [4.78, 5) is 16.2. The first-order valence-corrected chi connectivity index (χ1v) is 9.87. The van der Waals surface area contributed by atoms with Crippen molar-refractivity contribution in [2.45, 2.75) is 45.1 Å². The first-order chi connectivity index (χ1) is 17.1. The van der Waals surface area contributed by atoms with Crippen LogP contribution in [-0.4, -0.2) is 16.0 Å². The van der Waals surface area contributed by atoms with E-state index in [2.05, 4.69) is 10.3 Å². The normalized spacial score (nSPS) is 17.4. The Morgan fingerprint density at radius 1 is 1.38 bits per heavy atom. The molecule has 0 spiro atoms. The van der Waals surface area contributed by atoms with Gasteiger partial charge in [-0.1, -0.05) is 48.3 Å². The zero-order valence-electron chi connectivity index (χ0n) is 23.9. The molecule has 0 aliphatic carbocycles. The number of nitrogen functional groups attached to an aromatic ring is 1. The monoisotopic (exact) mass is 417 g/mol. The third-order valence-electron chi connectivity index (χ3n) is 3.97. The number of carbonyl (C=O) groups excluding carboxylic acids is 1. The van der Waals surface area contributed by atoms with Crippen molar-refractivity contribution in [3.8, 4) is 0 Å². The van der Waals surface area contributed by atoms with Crippen LogP contribution < -0.4 is 11.1 Å². The average molecular weight is 418 g/mol. The molecule has 3 aromatic rings. The maximum atomic E-state index is 12.3. The SMILES string of the molecule is [2H]c1sc(N)nc1CC(=O)Nc1ccc(C([2H])([2H])CCC[C@]([2H])(O)c2c([2H])c([2H])c([2H])c(C)c2[2H])cc1. The molecule has 5 nitrogen and oxygen atoms in total. The number of amides is 1. The molecule has 152 valence electrons. The Kier molecular flexibility index (Phi) is 4.49. The molecule has 0 saturated heterocycles. The second kappa shape index (κ2) is 10.2. The molecule has 6 heteroatoms. The van der Waals surface area contributed by atoms with E-state index in [0.29, 0.717) is 11.3 Å². The minimum absolute atomic E-state index is 0.0472. The third kappa shape index (κ3) is 6.69. The number of thiazole rings is 1. The highest BCUT2D eigenvalue weighted by Crippen LogP contribution is 2.21. The van der Waals surface area contributed by atoms with Crippen molar-refractivity contribution in [2.75, 3.05) is 11.1 Å². The topological polar surface area (TPSA) is 88.2 Å². The van der Waals surface area contributed by atoms with Gasteiger partial charge in [0.25, 0.3) is 0 Å². The Hall–Kier alpha value is -2.70. The van der Waals surface area contributed by atoms with Crippen LogP contribution in [0.1, 0.15) is 58.7 Å². The molecule has 1 atom stereocenters. The Bertz CT molecular complexity index is 1280. The molecular formula is C23H27N3O2S. The molecule has 0 radical (unpaired) electrons. The molecule has 2 aromatic carbocycles. The van der Waals surface area contributed by atoms with Gasteiger partial charge >= 0.3 is 0 Å². The Balaban J connectivity index is 1.63. The summed E-state index contributed by atoms with van der Waals surface area (Å²) in [6.07, 6.45) is -4.61. The Morgan fingerprint density at radius 2 is 2.17 bits per heavy atom. The lowest BCUT2D eigenvalue weighted by atomic mass is 10.00. The van der Waals surface area contributed by atoms with Crippen molar-refractivity contribution in [3.63, 3.8) is 0 Å². The van der Waals surface area contributed by atoms with Gasteiger partial charge in [-0.2, -0.15) is 0 Å². The number of aryl methyl sites for hydroxylation is 1. The summed E-state index contributed by atoms with van der Waals surface area (Å²) in [5, 5.41) is 13.7. The van der Waals surface area contributed by atoms with Gasteiger partial charge in [0.1, 0.15) is 0 Å². The standard InChI is InChI=1S/C23H27N3O2S/c1-16-5-4-7-18(13-16)21(27)8-3-2-6-17-9-11-19(12-10-17)25-22(28)14-20-15-29-23(24)26-20/h4-5,7,9-13,15,21,27H,2-3,6,8,14H2,1H3,(H2,24,26)(H,25,28)/t21-/m0/s1/i4D,5D,6D2,7D,13D,15D,21D. The van der Waals surface area contributed by atoms with Crippen LogP contribution in [0.5, 0.6) is 0 Å². The average Bonchev–Trinajstić information content (AvgIpc) is 3.12. The number of aliphatic hydroxyl groups is 1. The quantitative estimate of drug-likeness (QED) is 0.472. The van der Waals surface area contributed by atoms with E-state index in [1.807, 2.05) is 0 Å². The van der Waals surface area contributed by atoms with Crippen molar-refractivity contribution in [3.05, 3.63) is 76.2 Å². The summed E-state index contributed by atoms with van der Waals surface area (Å²) in [7, 11) is 0. The summed E-state index contributed by atoms with van der Waals surface area (Å²) >= 11 is 0.982. The third-order valence-corrected chi connectivity index (χ3v) is 4.61. The van der Waals surface area contributed by atoms with Crippen LogP contribution in [-0.2, 0) is 17.6 Å². The molecular weight excluding hydrogens is 382 g/mol. The van der Waals surface area contributed by atoms with Gasteiger partial charge in [-0.05, 0) is 49.4 Å². The molecule has 4 N–H and O–H groups in total. The second-order valence-electron chi connectivity index (χ2n) is 6.38. The molecule has 0 aliphatic rings. The number of anilines is 2. The largest absolute Gasteiger partial charge is 0.388 e. The van der Waals surface area contributed by atoms with Gasteiger partial charge in [0.15, 0.2) is 5.13 Å². The lowest BCUT2D eigenvalue weighted by Gasteiger charge is -2.11. The molecule has 0 fully saturated rings. The van der Waals surface area contributed by atoms with Crippen LogP contribution in [0.2, 0.25) is 0 Å². The van der Waals surface area contributed by atoms with Crippen LogP contribution >= 0.6 is 11.3 Å². The molecule has 0 unspecified atom stereocenters. The molecule has 1 aromatic heterocycles. The van der Waals surface area contributed by atoms with Gasteiger partial charge in [0.05, 0.1) is 26.4 Å². The van der Waals surface area contributed by atoms with E-state index in [-0.39, 0.29) is 65.1 Å². The van der Waals surface area contributed by atoms with Crippen LogP contribution in [0.3, 0.4) is 0 Å². The number of nitrogens with zero attached hydrogens (tertiary/aromatic N) is 1. The lowest BCUT2D eigenvalue weighted by molar-refractivity contribution is -0.115. The highest BCUT2D eigenvalue weighted by Gasteiger charge is 2.08. The van der Waals surface area contributed by atoms with Gasteiger partial charge < -0.3 is 16.2 Å². The van der Waals surface area contributed by atoms with Crippen molar-refractivity contribution in [2.24, 2.45) is 0 Å². The minimum atomic E-state index is -2.38. The molecule has 0 bridgehead atoms. The Morgan fingerprint density at radius 3 is 2.90 bits per heavy atom. The number of aromatic nitrogens is 1. The first kappa shape index (κ1) is 12.8. The summed E-state index contributed by atoms with van der Waals surface area (Å²) in [5.74, 6) is -0.392. The lowest BCUT2D eigenvalue weighted by Crippen LogP contribution is -2.14. The number of rotatable bonds is 9. The predicted molar refractivity (Wildman–Crippen MR) is 119 cm³/mol.